The molecule has 0 heterocycles. The molecule has 0 aliphatic rings. The summed E-state index contributed by atoms with van der Waals surface area (Å²) < 4.78 is 16.7. The van der Waals surface area contributed by atoms with Crippen molar-refractivity contribution in [2.45, 2.75) is 19.9 Å². The van der Waals surface area contributed by atoms with Crippen molar-refractivity contribution in [3.63, 3.8) is 0 Å². The van der Waals surface area contributed by atoms with Crippen molar-refractivity contribution in [2.75, 3.05) is 20.8 Å². The number of hydrogen-bond donors (Lipinski definition) is 1. The van der Waals surface area contributed by atoms with E-state index in [9.17, 15) is 4.79 Å². The zero-order chi connectivity index (χ0) is 18.4. The average molecular weight is 408 g/mol. The second kappa shape index (κ2) is 8.76. The van der Waals surface area contributed by atoms with Crippen LogP contribution in [0.15, 0.2) is 40.9 Å². The molecule has 0 spiro atoms. The largest absolute Gasteiger partial charge is 0.497 e. The van der Waals surface area contributed by atoms with Crippen LogP contribution < -0.4 is 19.5 Å². The van der Waals surface area contributed by atoms with Gasteiger partial charge in [0.1, 0.15) is 17.2 Å². The molecule has 1 N–H and O–H groups in total. The number of nitrogens with one attached hydrogen (secondary N) is 1. The van der Waals surface area contributed by atoms with Crippen LogP contribution >= 0.6 is 15.9 Å². The van der Waals surface area contributed by atoms with E-state index in [0.29, 0.717) is 28.1 Å². The summed E-state index contributed by atoms with van der Waals surface area (Å²) in [5, 5.41) is 2.98. The fraction of sp³-hybridized carbons (Fsp3) is 0.316. The van der Waals surface area contributed by atoms with E-state index in [1.807, 2.05) is 38.1 Å². The van der Waals surface area contributed by atoms with Crippen LogP contribution in [0.1, 0.15) is 35.8 Å². The molecule has 25 heavy (non-hydrogen) atoms. The zero-order valence-corrected chi connectivity index (χ0v) is 16.3. The lowest BCUT2D eigenvalue weighted by molar-refractivity contribution is 0.0936. The van der Waals surface area contributed by atoms with Crippen molar-refractivity contribution in [3.8, 4) is 17.2 Å². The standard InChI is InChI=1S/C19H22BrNO4/c1-5-25-14-8-6-13(7-9-14)12(2)21-19(22)16-10-15(23-3)11-17(20)18(16)24-4/h6-12H,5H2,1-4H3,(H,21,22). The van der Waals surface area contributed by atoms with Gasteiger partial charge in [-0.2, -0.15) is 0 Å². The number of halogens is 1. The lowest BCUT2D eigenvalue weighted by atomic mass is 10.1. The number of hydrogen-bond acceptors (Lipinski definition) is 4. The van der Waals surface area contributed by atoms with Crippen LogP contribution in [0.2, 0.25) is 0 Å². The number of rotatable bonds is 7. The van der Waals surface area contributed by atoms with Crippen LogP contribution in [0.3, 0.4) is 0 Å². The molecule has 0 bridgehead atoms. The summed E-state index contributed by atoms with van der Waals surface area (Å²) in [4.78, 5) is 12.7. The molecule has 0 radical (unpaired) electrons. The third-order valence-electron chi connectivity index (χ3n) is 3.74. The zero-order valence-electron chi connectivity index (χ0n) is 14.8. The van der Waals surface area contributed by atoms with Crippen molar-refractivity contribution in [2.24, 2.45) is 0 Å². The van der Waals surface area contributed by atoms with Gasteiger partial charge in [0.2, 0.25) is 0 Å². The Balaban J connectivity index is 2.19. The molecule has 6 heteroatoms. The Kier molecular flexibility index (Phi) is 6.70. The molecule has 0 aliphatic carbocycles. The Bertz CT molecular complexity index is 731. The molecule has 0 aliphatic heterocycles. The fourth-order valence-electron chi connectivity index (χ4n) is 2.44. The minimum atomic E-state index is -0.238. The molecule has 0 saturated carbocycles. The van der Waals surface area contributed by atoms with Gasteiger partial charge in [0.05, 0.1) is 36.9 Å². The molecule has 0 fully saturated rings. The molecule has 0 saturated heterocycles. The highest BCUT2D eigenvalue weighted by Gasteiger charge is 2.19. The van der Waals surface area contributed by atoms with Crippen LogP contribution in [-0.2, 0) is 0 Å². The number of carbonyl (C=O) groups excluding carboxylic acids is 1. The third-order valence-corrected chi connectivity index (χ3v) is 4.33. The van der Waals surface area contributed by atoms with Crippen molar-refractivity contribution in [1.82, 2.24) is 5.32 Å². The first kappa shape index (κ1) is 19.1. The molecule has 134 valence electrons. The molecular formula is C19H22BrNO4. The lowest BCUT2D eigenvalue weighted by Crippen LogP contribution is -2.27. The van der Waals surface area contributed by atoms with E-state index in [0.717, 1.165) is 11.3 Å². The van der Waals surface area contributed by atoms with Gasteiger partial charge < -0.3 is 19.5 Å². The van der Waals surface area contributed by atoms with Gasteiger partial charge >= 0.3 is 0 Å². The van der Waals surface area contributed by atoms with Gasteiger partial charge in [-0.05, 0) is 59.6 Å². The number of ether oxygens (including phenoxy) is 3. The van der Waals surface area contributed by atoms with E-state index in [2.05, 4.69) is 21.2 Å². The van der Waals surface area contributed by atoms with E-state index in [1.54, 1.807) is 19.2 Å². The maximum atomic E-state index is 12.7. The van der Waals surface area contributed by atoms with Crippen molar-refractivity contribution >= 4 is 21.8 Å². The molecule has 2 aromatic rings. The van der Waals surface area contributed by atoms with Crippen LogP contribution in [0.4, 0.5) is 0 Å². The average Bonchev–Trinajstić information content (AvgIpc) is 2.61. The molecule has 1 unspecified atom stereocenters. The smallest absolute Gasteiger partial charge is 0.255 e. The Hall–Kier alpha value is -2.21. The van der Waals surface area contributed by atoms with E-state index < -0.39 is 0 Å². The quantitative estimate of drug-likeness (QED) is 0.740. The molecule has 2 rings (SSSR count). The summed E-state index contributed by atoms with van der Waals surface area (Å²) in [6, 6.07) is 10.9. The fourth-order valence-corrected chi connectivity index (χ4v) is 3.04. The molecule has 2 aromatic carbocycles. The van der Waals surface area contributed by atoms with Crippen LogP contribution in [0.5, 0.6) is 17.2 Å². The van der Waals surface area contributed by atoms with Crippen LogP contribution in [0.25, 0.3) is 0 Å². The maximum Gasteiger partial charge on any atom is 0.255 e. The van der Waals surface area contributed by atoms with Crippen molar-refractivity contribution in [3.05, 3.63) is 52.0 Å². The highest BCUT2D eigenvalue weighted by Crippen LogP contribution is 2.34. The Morgan fingerprint density at radius 2 is 1.80 bits per heavy atom. The van der Waals surface area contributed by atoms with Gasteiger partial charge in [-0.15, -0.1) is 0 Å². The summed E-state index contributed by atoms with van der Waals surface area (Å²) in [6.07, 6.45) is 0. The van der Waals surface area contributed by atoms with E-state index in [4.69, 9.17) is 14.2 Å². The number of amides is 1. The first-order chi connectivity index (χ1) is 12.0. The first-order valence-corrected chi connectivity index (χ1v) is 8.74. The number of methoxy groups -OCH3 is 2. The summed E-state index contributed by atoms with van der Waals surface area (Å²) in [5.74, 6) is 1.62. The third kappa shape index (κ3) is 4.66. The van der Waals surface area contributed by atoms with Crippen LogP contribution in [0, 0.1) is 0 Å². The molecule has 1 amide bonds. The van der Waals surface area contributed by atoms with Gasteiger partial charge in [0.25, 0.3) is 5.91 Å². The Morgan fingerprint density at radius 3 is 2.36 bits per heavy atom. The van der Waals surface area contributed by atoms with Crippen LogP contribution in [-0.4, -0.2) is 26.7 Å². The van der Waals surface area contributed by atoms with Gasteiger partial charge in [0.15, 0.2) is 0 Å². The van der Waals surface area contributed by atoms with E-state index in [-0.39, 0.29) is 11.9 Å². The number of carbonyl (C=O) groups is 1. The van der Waals surface area contributed by atoms with E-state index >= 15 is 0 Å². The van der Waals surface area contributed by atoms with Gasteiger partial charge in [-0.25, -0.2) is 0 Å². The summed E-state index contributed by atoms with van der Waals surface area (Å²) >= 11 is 3.40. The minimum absolute atomic E-state index is 0.169. The summed E-state index contributed by atoms with van der Waals surface area (Å²) in [5.41, 5.74) is 1.39. The molecule has 5 nitrogen and oxygen atoms in total. The molecular weight excluding hydrogens is 386 g/mol. The van der Waals surface area contributed by atoms with Crippen molar-refractivity contribution in [1.29, 1.82) is 0 Å². The van der Waals surface area contributed by atoms with Gasteiger partial charge in [-0.1, -0.05) is 12.1 Å². The first-order valence-electron chi connectivity index (χ1n) is 7.95. The van der Waals surface area contributed by atoms with Gasteiger partial charge in [-0.3, -0.25) is 4.79 Å². The molecule has 0 aromatic heterocycles. The van der Waals surface area contributed by atoms with Gasteiger partial charge in [0, 0.05) is 0 Å². The predicted molar refractivity (Wildman–Crippen MR) is 101 cm³/mol. The summed E-state index contributed by atoms with van der Waals surface area (Å²) in [6.45, 7) is 4.49. The topological polar surface area (TPSA) is 56.8 Å². The Morgan fingerprint density at radius 1 is 1.12 bits per heavy atom. The monoisotopic (exact) mass is 407 g/mol. The second-order valence-electron chi connectivity index (χ2n) is 5.39. The Labute approximate surface area is 156 Å². The molecule has 1 atom stereocenters. The highest BCUT2D eigenvalue weighted by molar-refractivity contribution is 9.10. The highest BCUT2D eigenvalue weighted by atomic mass is 79.9. The normalized spacial score (nSPS) is 11.6. The minimum Gasteiger partial charge on any atom is -0.497 e. The summed E-state index contributed by atoms with van der Waals surface area (Å²) in [7, 11) is 3.08. The maximum absolute atomic E-state index is 12.7. The van der Waals surface area contributed by atoms with E-state index in [1.165, 1.54) is 7.11 Å². The second-order valence-corrected chi connectivity index (χ2v) is 6.24. The van der Waals surface area contributed by atoms with Crippen molar-refractivity contribution < 1.29 is 19.0 Å². The SMILES string of the molecule is CCOc1ccc(C(C)NC(=O)c2cc(OC)cc(Br)c2OC)cc1. The predicted octanol–water partition coefficient (Wildman–Crippen LogP) is 4.36. The number of benzene rings is 2. The lowest BCUT2D eigenvalue weighted by Gasteiger charge is -2.17.